The Morgan fingerprint density at radius 2 is 2.50 bits per heavy atom. The lowest BCUT2D eigenvalue weighted by Gasteiger charge is -2.35. The van der Waals surface area contributed by atoms with Crippen LogP contribution < -0.4 is 5.32 Å². The molecule has 0 radical (unpaired) electrons. The predicted molar refractivity (Wildman–Crippen MR) is 68.7 cm³/mol. The fourth-order valence-electron chi connectivity index (χ4n) is 2.32. The fourth-order valence-corrected chi connectivity index (χ4v) is 2.96. The van der Waals surface area contributed by atoms with E-state index in [0.717, 1.165) is 19.6 Å². The molecule has 1 aliphatic rings. The van der Waals surface area contributed by atoms with Gasteiger partial charge in [-0.25, -0.2) is 4.98 Å². The van der Waals surface area contributed by atoms with Gasteiger partial charge in [-0.05, 0) is 25.9 Å². The molecule has 1 atom stereocenters. The van der Waals surface area contributed by atoms with Gasteiger partial charge in [0, 0.05) is 24.2 Å². The topological polar surface area (TPSA) is 28.2 Å². The minimum atomic E-state index is 0.706. The van der Waals surface area contributed by atoms with Crippen molar-refractivity contribution in [3.05, 3.63) is 16.6 Å². The maximum absolute atomic E-state index is 4.38. The molecule has 1 fully saturated rings. The second-order valence-corrected chi connectivity index (χ2v) is 5.33. The Labute approximate surface area is 102 Å². The molecule has 90 valence electrons. The maximum atomic E-state index is 4.38. The Morgan fingerprint density at radius 1 is 1.56 bits per heavy atom. The number of hydrogen-bond donors (Lipinski definition) is 1. The van der Waals surface area contributed by atoms with Crippen molar-refractivity contribution in [2.24, 2.45) is 0 Å². The normalized spacial score (nSPS) is 22.4. The highest BCUT2D eigenvalue weighted by atomic mass is 32.1. The van der Waals surface area contributed by atoms with Gasteiger partial charge in [-0.15, -0.1) is 11.3 Å². The molecule has 16 heavy (non-hydrogen) atoms. The molecule has 3 nitrogen and oxygen atoms in total. The first-order valence-corrected chi connectivity index (χ1v) is 7.11. The van der Waals surface area contributed by atoms with E-state index in [-0.39, 0.29) is 0 Å². The van der Waals surface area contributed by atoms with Crippen LogP contribution in [0.1, 0.15) is 31.2 Å². The van der Waals surface area contributed by atoms with Gasteiger partial charge in [0.1, 0.15) is 5.01 Å². The minimum Gasteiger partial charge on any atom is -0.315 e. The lowest BCUT2D eigenvalue weighted by Crippen LogP contribution is -2.44. The summed E-state index contributed by atoms with van der Waals surface area (Å²) >= 11 is 1.77. The molecule has 2 rings (SSSR count). The van der Waals surface area contributed by atoms with Crippen LogP contribution in [0.3, 0.4) is 0 Å². The Bertz CT molecular complexity index is 286. The standard InChI is InChI=1S/C12H21N3S/c1-2-13-9-11-5-3-4-7-15(11)10-12-14-6-8-16-12/h6,8,11,13H,2-5,7,9-10H2,1H3. The molecule has 1 aromatic heterocycles. The Kier molecular flexibility index (Phi) is 4.75. The molecule has 0 amide bonds. The van der Waals surface area contributed by atoms with E-state index >= 15 is 0 Å². The van der Waals surface area contributed by atoms with E-state index in [1.807, 2.05) is 6.20 Å². The summed E-state index contributed by atoms with van der Waals surface area (Å²) in [6, 6.07) is 0.706. The smallest absolute Gasteiger partial charge is 0.107 e. The third kappa shape index (κ3) is 3.27. The lowest BCUT2D eigenvalue weighted by molar-refractivity contribution is 0.138. The number of likely N-dealkylation sites (tertiary alicyclic amines) is 1. The SMILES string of the molecule is CCNCC1CCCCN1Cc1nccs1. The molecule has 1 N–H and O–H groups in total. The van der Waals surface area contributed by atoms with E-state index < -0.39 is 0 Å². The van der Waals surface area contributed by atoms with E-state index in [1.54, 1.807) is 11.3 Å². The van der Waals surface area contributed by atoms with Crippen molar-refractivity contribution in [2.75, 3.05) is 19.6 Å². The van der Waals surface area contributed by atoms with E-state index in [2.05, 4.69) is 27.5 Å². The largest absolute Gasteiger partial charge is 0.315 e. The molecule has 4 heteroatoms. The van der Waals surface area contributed by atoms with Crippen molar-refractivity contribution < 1.29 is 0 Å². The number of nitrogens with one attached hydrogen (secondary N) is 1. The highest BCUT2D eigenvalue weighted by Crippen LogP contribution is 2.19. The molecule has 0 aliphatic carbocycles. The lowest BCUT2D eigenvalue weighted by atomic mass is 10.0. The number of nitrogens with zero attached hydrogens (tertiary/aromatic N) is 2. The summed E-state index contributed by atoms with van der Waals surface area (Å²) in [6.07, 6.45) is 5.96. The highest BCUT2D eigenvalue weighted by molar-refractivity contribution is 7.09. The molecule has 1 unspecified atom stereocenters. The van der Waals surface area contributed by atoms with Crippen LogP contribution in [-0.4, -0.2) is 35.6 Å². The fraction of sp³-hybridized carbons (Fsp3) is 0.750. The van der Waals surface area contributed by atoms with Gasteiger partial charge >= 0.3 is 0 Å². The summed E-state index contributed by atoms with van der Waals surface area (Å²) in [6.45, 7) is 6.64. The molecule has 2 heterocycles. The van der Waals surface area contributed by atoms with Gasteiger partial charge in [-0.1, -0.05) is 13.3 Å². The van der Waals surface area contributed by atoms with Crippen molar-refractivity contribution >= 4 is 11.3 Å². The zero-order valence-corrected chi connectivity index (χ0v) is 10.8. The van der Waals surface area contributed by atoms with Gasteiger partial charge in [0.2, 0.25) is 0 Å². The number of likely N-dealkylation sites (N-methyl/N-ethyl adjacent to an activating group) is 1. The van der Waals surface area contributed by atoms with Crippen LogP contribution in [0.2, 0.25) is 0 Å². The van der Waals surface area contributed by atoms with Crippen molar-refractivity contribution in [3.63, 3.8) is 0 Å². The summed E-state index contributed by atoms with van der Waals surface area (Å²) < 4.78 is 0. The summed E-state index contributed by atoms with van der Waals surface area (Å²) in [5, 5.41) is 6.79. The summed E-state index contributed by atoms with van der Waals surface area (Å²) in [4.78, 5) is 6.97. The zero-order valence-electron chi connectivity index (χ0n) is 9.98. The second kappa shape index (κ2) is 6.33. The van der Waals surface area contributed by atoms with Crippen LogP contribution in [0.4, 0.5) is 0 Å². The third-order valence-corrected chi connectivity index (χ3v) is 3.97. The first-order chi connectivity index (χ1) is 7.90. The first kappa shape index (κ1) is 12.0. The minimum absolute atomic E-state index is 0.706. The third-order valence-electron chi connectivity index (χ3n) is 3.20. The first-order valence-electron chi connectivity index (χ1n) is 6.23. The Hall–Kier alpha value is -0.450. The van der Waals surface area contributed by atoms with Gasteiger partial charge in [0.15, 0.2) is 0 Å². The van der Waals surface area contributed by atoms with E-state index in [1.165, 1.54) is 30.8 Å². The highest BCUT2D eigenvalue weighted by Gasteiger charge is 2.22. The Morgan fingerprint density at radius 3 is 3.25 bits per heavy atom. The molecule has 1 aliphatic heterocycles. The van der Waals surface area contributed by atoms with Crippen molar-refractivity contribution in [1.29, 1.82) is 0 Å². The number of thiazole rings is 1. The van der Waals surface area contributed by atoms with Crippen LogP contribution in [0, 0.1) is 0 Å². The maximum Gasteiger partial charge on any atom is 0.107 e. The number of hydrogen-bond acceptors (Lipinski definition) is 4. The quantitative estimate of drug-likeness (QED) is 0.853. The van der Waals surface area contributed by atoms with Crippen LogP contribution in [-0.2, 0) is 6.54 Å². The van der Waals surface area contributed by atoms with Crippen LogP contribution in [0.15, 0.2) is 11.6 Å². The van der Waals surface area contributed by atoms with Gasteiger partial charge in [0.25, 0.3) is 0 Å². The summed E-state index contributed by atoms with van der Waals surface area (Å²) in [7, 11) is 0. The van der Waals surface area contributed by atoms with Crippen molar-refractivity contribution in [2.45, 2.75) is 38.8 Å². The monoisotopic (exact) mass is 239 g/mol. The summed E-state index contributed by atoms with van der Waals surface area (Å²) in [5.41, 5.74) is 0. The van der Waals surface area contributed by atoms with E-state index in [4.69, 9.17) is 0 Å². The van der Waals surface area contributed by atoms with Gasteiger partial charge < -0.3 is 5.32 Å². The average Bonchev–Trinajstić information content (AvgIpc) is 2.81. The molecular weight excluding hydrogens is 218 g/mol. The van der Waals surface area contributed by atoms with Gasteiger partial charge in [-0.3, -0.25) is 4.90 Å². The van der Waals surface area contributed by atoms with E-state index in [0.29, 0.717) is 6.04 Å². The number of rotatable bonds is 5. The number of aromatic nitrogens is 1. The Balaban J connectivity index is 1.88. The zero-order chi connectivity index (χ0) is 11.2. The molecule has 0 saturated carbocycles. The molecule has 1 saturated heterocycles. The molecule has 0 bridgehead atoms. The number of piperidine rings is 1. The van der Waals surface area contributed by atoms with Crippen molar-refractivity contribution in [3.8, 4) is 0 Å². The van der Waals surface area contributed by atoms with E-state index in [9.17, 15) is 0 Å². The van der Waals surface area contributed by atoms with Crippen molar-refractivity contribution in [1.82, 2.24) is 15.2 Å². The molecule has 0 aromatic carbocycles. The molecule has 1 aromatic rings. The van der Waals surface area contributed by atoms with Crippen LogP contribution in [0.25, 0.3) is 0 Å². The molecule has 0 spiro atoms. The predicted octanol–water partition coefficient (Wildman–Crippen LogP) is 2.11. The van der Waals surface area contributed by atoms with Crippen LogP contribution >= 0.6 is 11.3 Å². The van der Waals surface area contributed by atoms with Crippen LogP contribution in [0.5, 0.6) is 0 Å². The summed E-state index contributed by atoms with van der Waals surface area (Å²) in [5.74, 6) is 0. The second-order valence-electron chi connectivity index (χ2n) is 4.35. The van der Waals surface area contributed by atoms with Gasteiger partial charge in [-0.2, -0.15) is 0 Å². The average molecular weight is 239 g/mol. The molecular formula is C12H21N3S. The van der Waals surface area contributed by atoms with Gasteiger partial charge in [0.05, 0.1) is 6.54 Å².